The van der Waals surface area contributed by atoms with Crippen LogP contribution in [0.2, 0.25) is 0 Å². The van der Waals surface area contributed by atoms with E-state index in [1.54, 1.807) is 0 Å². The lowest BCUT2D eigenvalue weighted by Gasteiger charge is -2.27. The van der Waals surface area contributed by atoms with Gasteiger partial charge in [0.15, 0.2) is 0 Å². The van der Waals surface area contributed by atoms with E-state index in [2.05, 4.69) is 4.98 Å². The summed E-state index contributed by atoms with van der Waals surface area (Å²) in [5.41, 5.74) is -0.779. The average Bonchev–Trinajstić information content (AvgIpc) is 2.39. The van der Waals surface area contributed by atoms with E-state index in [0.717, 1.165) is 38.5 Å². The fourth-order valence-corrected chi connectivity index (χ4v) is 2.05. The van der Waals surface area contributed by atoms with E-state index in [9.17, 15) is 14.9 Å². The Hall–Kier alpha value is -2.18. The number of nitrogens with zero attached hydrogens (tertiary/aromatic N) is 3. The summed E-state index contributed by atoms with van der Waals surface area (Å²) in [6.45, 7) is 1.62. The highest BCUT2D eigenvalue weighted by Gasteiger charge is 2.23. The summed E-state index contributed by atoms with van der Waals surface area (Å²) in [6.07, 6.45) is 4.23. The van der Waals surface area contributed by atoms with Crippen LogP contribution in [0, 0.1) is 10.1 Å². The molecule has 0 atom stereocenters. The van der Waals surface area contributed by atoms with Crippen molar-refractivity contribution in [3.8, 4) is 0 Å². The normalized spacial score (nSPS) is 15.4. The van der Waals surface area contributed by atoms with Crippen LogP contribution >= 0.6 is 0 Å². The van der Waals surface area contributed by atoms with Gasteiger partial charge in [-0.05, 0) is 19.3 Å². The summed E-state index contributed by atoms with van der Waals surface area (Å²) >= 11 is 0. The lowest BCUT2D eigenvalue weighted by molar-refractivity contribution is -0.385. The van der Waals surface area contributed by atoms with Crippen molar-refractivity contribution < 1.29 is 14.8 Å². The Morgan fingerprint density at radius 3 is 2.61 bits per heavy atom. The molecule has 1 aliphatic heterocycles. The zero-order valence-electron chi connectivity index (χ0n) is 9.70. The number of carboxylic acids is 1. The number of hydrogen-bond donors (Lipinski definition) is 1. The van der Waals surface area contributed by atoms with Crippen molar-refractivity contribution in [1.29, 1.82) is 0 Å². The van der Waals surface area contributed by atoms with Crippen LogP contribution in [0.15, 0.2) is 12.3 Å². The smallest absolute Gasteiger partial charge is 0.342 e. The quantitative estimate of drug-likeness (QED) is 0.648. The van der Waals surface area contributed by atoms with Crippen molar-refractivity contribution in [3.05, 3.63) is 27.9 Å². The van der Waals surface area contributed by atoms with Crippen LogP contribution in [0.25, 0.3) is 0 Å². The van der Waals surface area contributed by atoms with Gasteiger partial charge in [0.2, 0.25) is 0 Å². The minimum absolute atomic E-state index is 0.310. The first kappa shape index (κ1) is 12.3. The van der Waals surface area contributed by atoms with E-state index in [1.165, 1.54) is 6.07 Å². The summed E-state index contributed by atoms with van der Waals surface area (Å²) < 4.78 is 0. The van der Waals surface area contributed by atoms with E-state index < -0.39 is 16.6 Å². The third-order valence-corrected chi connectivity index (χ3v) is 2.98. The molecule has 1 aliphatic rings. The fraction of sp³-hybridized carbons (Fsp3) is 0.455. The summed E-state index contributed by atoms with van der Waals surface area (Å²) in [5.74, 6) is -0.806. The minimum atomic E-state index is -1.30. The molecule has 1 saturated heterocycles. The van der Waals surface area contributed by atoms with Gasteiger partial charge in [-0.1, -0.05) is 0 Å². The van der Waals surface area contributed by atoms with Gasteiger partial charge >= 0.3 is 11.7 Å². The van der Waals surface area contributed by atoms with Gasteiger partial charge in [-0.15, -0.1) is 0 Å². The van der Waals surface area contributed by atoms with Gasteiger partial charge in [0.25, 0.3) is 0 Å². The molecule has 0 aliphatic carbocycles. The molecule has 1 aromatic heterocycles. The van der Waals surface area contributed by atoms with Crippen molar-refractivity contribution in [2.75, 3.05) is 18.0 Å². The molecule has 0 bridgehead atoms. The molecule has 96 valence electrons. The Bertz CT molecular complexity index is 483. The molecule has 1 fully saturated rings. The molecule has 18 heavy (non-hydrogen) atoms. The largest absolute Gasteiger partial charge is 0.477 e. The Labute approximate surface area is 103 Å². The summed E-state index contributed by atoms with van der Waals surface area (Å²) in [4.78, 5) is 26.9. The average molecular weight is 251 g/mol. The number of aromatic nitrogens is 1. The van der Waals surface area contributed by atoms with Crippen molar-refractivity contribution in [3.63, 3.8) is 0 Å². The molecule has 0 spiro atoms. The first-order valence-electron chi connectivity index (χ1n) is 5.72. The monoisotopic (exact) mass is 251 g/mol. The third-order valence-electron chi connectivity index (χ3n) is 2.98. The van der Waals surface area contributed by atoms with Gasteiger partial charge in [0.05, 0.1) is 4.92 Å². The highest BCUT2D eigenvalue weighted by Crippen LogP contribution is 2.24. The molecular weight excluding hydrogens is 238 g/mol. The maximum absolute atomic E-state index is 11.0. The standard InChI is InChI=1S/C11H13N3O4/c15-11(16)8-6-10(12-7-9(8)14(17)18)13-4-2-1-3-5-13/h6-7H,1-5H2,(H,15,16). The van der Waals surface area contributed by atoms with E-state index in [1.807, 2.05) is 4.90 Å². The van der Waals surface area contributed by atoms with Crippen molar-refractivity contribution >= 4 is 17.5 Å². The number of carbonyl (C=O) groups is 1. The lowest BCUT2D eigenvalue weighted by atomic mass is 10.1. The van der Waals surface area contributed by atoms with E-state index >= 15 is 0 Å². The second-order valence-corrected chi connectivity index (χ2v) is 4.17. The van der Waals surface area contributed by atoms with Crippen LogP contribution in [0.1, 0.15) is 29.6 Å². The summed E-state index contributed by atoms with van der Waals surface area (Å²) in [6, 6.07) is 1.28. The molecule has 0 aromatic carbocycles. The van der Waals surface area contributed by atoms with Gasteiger partial charge in [-0.2, -0.15) is 0 Å². The van der Waals surface area contributed by atoms with Crippen LogP contribution < -0.4 is 4.90 Å². The molecule has 1 aromatic rings. The first-order chi connectivity index (χ1) is 8.59. The molecule has 0 saturated carbocycles. The van der Waals surface area contributed by atoms with E-state index in [4.69, 9.17) is 5.11 Å². The van der Waals surface area contributed by atoms with E-state index in [-0.39, 0.29) is 5.56 Å². The molecule has 1 N–H and O–H groups in total. The minimum Gasteiger partial charge on any atom is -0.477 e. The SMILES string of the molecule is O=C(O)c1cc(N2CCCCC2)ncc1[N+](=O)[O-]. The molecule has 7 nitrogen and oxygen atoms in total. The number of aromatic carboxylic acids is 1. The molecule has 2 rings (SSSR count). The second-order valence-electron chi connectivity index (χ2n) is 4.17. The molecular formula is C11H13N3O4. The predicted octanol–water partition coefficient (Wildman–Crippen LogP) is 1.68. The number of nitro groups is 1. The predicted molar refractivity (Wildman–Crippen MR) is 63.9 cm³/mol. The van der Waals surface area contributed by atoms with Gasteiger partial charge in [-0.3, -0.25) is 10.1 Å². The highest BCUT2D eigenvalue weighted by atomic mass is 16.6. The van der Waals surface area contributed by atoms with Crippen LogP contribution in [-0.4, -0.2) is 34.1 Å². The van der Waals surface area contributed by atoms with Crippen LogP contribution in [0.4, 0.5) is 11.5 Å². The third kappa shape index (κ3) is 2.39. The van der Waals surface area contributed by atoms with Gasteiger partial charge in [0.1, 0.15) is 17.6 Å². The second kappa shape index (κ2) is 4.99. The number of carboxylic acid groups (broad SMARTS) is 1. The summed E-state index contributed by atoms with van der Waals surface area (Å²) in [7, 11) is 0. The Kier molecular flexibility index (Phi) is 3.40. The Morgan fingerprint density at radius 2 is 2.06 bits per heavy atom. The number of piperidine rings is 1. The van der Waals surface area contributed by atoms with Gasteiger partial charge in [0, 0.05) is 19.2 Å². The zero-order valence-corrected chi connectivity index (χ0v) is 9.70. The van der Waals surface area contributed by atoms with Crippen molar-refractivity contribution in [2.24, 2.45) is 0 Å². The fourth-order valence-electron chi connectivity index (χ4n) is 2.05. The molecule has 0 unspecified atom stereocenters. The van der Waals surface area contributed by atoms with Crippen LogP contribution in [0.5, 0.6) is 0 Å². The molecule has 2 heterocycles. The molecule has 7 heteroatoms. The molecule has 0 amide bonds. The van der Waals surface area contributed by atoms with Gasteiger partial charge < -0.3 is 10.0 Å². The van der Waals surface area contributed by atoms with Crippen molar-refractivity contribution in [1.82, 2.24) is 4.98 Å². The maximum atomic E-state index is 11.0. The van der Waals surface area contributed by atoms with Crippen molar-refractivity contribution in [2.45, 2.75) is 19.3 Å². The number of rotatable bonds is 3. The molecule has 0 radical (unpaired) electrons. The highest BCUT2D eigenvalue weighted by molar-refractivity contribution is 5.93. The summed E-state index contributed by atoms with van der Waals surface area (Å²) in [5, 5.41) is 19.7. The Balaban J connectivity index is 2.36. The van der Waals surface area contributed by atoms with E-state index in [0.29, 0.717) is 5.82 Å². The number of hydrogen-bond acceptors (Lipinski definition) is 5. The number of pyridine rings is 1. The maximum Gasteiger partial charge on any atom is 0.342 e. The van der Waals surface area contributed by atoms with Crippen LogP contribution in [-0.2, 0) is 0 Å². The zero-order chi connectivity index (χ0) is 13.1. The Morgan fingerprint density at radius 1 is 1.39 bits per heavy atom. The first-order valence-corrected chi connectivity index (χ1v) is 5.72. The topological polar surface area (TPSA) is 96.6 Å². The van der Waals surface area contributed by atoms with Crippen LogP contribution in [0.3, 0.4) is 0 Å². The van der Waals surface area contributed by atoms with Gasteiger partial charge in [-0.25, -0.2) is 9.78 Å². The number of anilines is 1. The lowest BCUT2D eigenvalue weighted by Crippen LogP contribution is -2.30.